The number of rotatable bonds is 5. The van der Waals surface area contributed by atoms with Gasteiger partial charge in [-0.05, 0) is 19.9 Å². The quantitative estimate of drug-likeness (QED) is 0.645. The minimum Gasteiger partial charge on any atom is -0.364 e. The molecule has 8 heteroatoms. The number of aromatic nitrogens is 3. The van der Waals surface area contributed by atoms with Gasteiger partial charge in [-0.25, -0.2) is 4.98 Å². The van der Waals surface area contributed by atoms with Gasteiger partial charge in [0.25, 0.3) is 0 Å². The van der Waals surface area contributed by atoms with E-state index in [2.05, 4.69) is 20.4 Å². The Bertz CT molecular complexity index is 596. The van der Waals surface area contributed by atoms with Crippen LogP contribution in [0.15, 0.2) is 16.7 Å². The Balaban J connectivity index is 2.02. The molecule has 0 atom stereocenters. The van der Waals surface area contributed by atoms with Gasteiger partial charge >= 0.3 is 5.69 Å². The van der Waals surface area contributed by atoms with Crippen LogP contribution in [0.1, 0.15) is 17.4 Å². The third-order valence-corrected chi connectivity index (χ3v) is 2.41. The zero-order valence-electron chi connectivity index (χ0n) is 10.6. The summed E-state index contributed by atoms with van der Waals surface area (Å²) in [5.41, 5.74) is 0.661. The van der Waals surface area contributed by atoms with Gasteiger partial charge in [0.2, 0.25) is 11.7 Å². The molecule has 0 spiro atoms. The molecule has 2 aromatic heterocycles. The molecule has 0 aliphatic carbocycles. The zero-order chi connectivity index (χ0) is 13.8. The lowest BCUT2D eigenvalue weighted by molar-refractivity contribution is -0.384. The number of nitro groups is 1. The van der Waals surface area contributed by atoms with Crippen LogP contribution in [0.5, 0.6) is 0 Å². The summed E-state index contributed by atoms with van der Waals surface area (Å²) in [7, 11) is 0. The lowest BCUT2D eigenvalue weighted by atomic mass is 10.3. The maximum absolute atomic E-state index is 10.9. The Hall–Kier alpha value is -2.51. The molecule has 0 saturated carbocycles. The molecule has 0 unspecified atom stereocenters. The molecule has 0 bridgehead atoms. The Morgan fingerprint density at radius 2 is 2.16 bits per heavy atom. The number of hydrogen-bond acceptors (Lipinski definition) is 7. The number of anilines is 1. The van der Waals surface area contributed by atoms with E-state index in [1.54, 1.807) is 19.9 Å². The molecule has 8 nitrogen and oxygen atoms in total. The molecule has 19 heavy (non-hydrogen) atoms. The van der Waals surface area contributed by atoms with E-state index in [1.165, 1.54) is 6.07 Å². The van der Waals surface area contributed by atoms with E-state index < -0.39 is 4.92 Å². The van der Waals surface area contributed by atoms with Crippen LogP contribution in [-0.2, 0) is 6.42 Å². The summed E-state index contributed by atoms with van der Waals surface area (Å²) in [6.07, 6.45) is 0.480. The Morgan fingerprint density at radius 1 is 1.37 bits per heavy atom. The third-order valence-electron chi connectivity index (χ3n) is 2.41. The molecule has 2 aromatic rings. The molecule has 2 rings (SSSR count). The highest BCUT2D eigenvalue weighted by Gasteiger charge is 2.15. The van der Waals surface area contributed by atoms with Crippen molar-refractivity contribution in [1.29, 1.82) is 0 Å². The van der Waals surface area contributed by atoms with Gasteiger partial charge in [-0.3, -0.25) is 10.1 Å². The number of pyridine rings is 1. The molecule has 0 radical (unpaired) electrons. The Morgan fingerprint density at radius 3 is 2.79 bits per heavy atom. The summed E-state index contributed by atoms with van der Waals surface area (Å²) in [5, 5.41) is 17.4. The number of hydrogen-bond donors (Lipinski definition) is 1. The Kier molecular flexibility index (Phi) is 3.69. The topological polar surface area (TPSA) is 107 Å². The van der Waals surface area contributed by atoms with Crippen molar-refractivity contribution >= 4 is 11.5 Å². The van der Waals surface area contributed by atoms with Crippen molar-refractivity contribution in [1.82, 2.24) is 15.1 Å². The molecule has 100 valence electrons. The average Bonchev–Trinajstić information content (AvgIpc) is 2.75. The summed E-state index contributed by atoms with van der Waals surface area (Å²) in [6, 6.07) is 3.03. The van der Waals surface area contributed by atoms with Crippen LogP contribution in [0, 0.1) is 24.0 Å². The average molecular weight is 263 g/mol. The van der Waals surface area contributed by atoms with E-state index in [-0.39, 0.29) is 11.5 Å². The zero-order valence-corrected chi connectivity index (χ0v) is 10.6. The van der Waals surface area contributed by atoms with Gasteiger partial charge in [-0.2, -0.15) is 4.98 Å². The molecule has 0 amide bonds. The van der Waals surface area contributed by atoms with Crippen molar-refractivity contribution in [2.45, 2.75) is 20.3 Å². The standard InChI is InChI=1S/C11H13N5O3/c1-7-3-4-9(16(17)18)11(13-7)12-6-5-10-14-8(2)15-19-10/h3-4H,5-6H2,1-2H3,(H,12,13). The first kappa shape index (κ1) is 12.9. The summed E-state index contributed by atoms with van der Waals surface area (Å²) in [5.74, 6) is 1.30. The largest absolute Gasteiger partial charge is 0.364 e. The maximum Gasteiger partial charge on any atom is 0.311 e. The first-order chi connectivity index (χ1) is 9.06. The first-order valence-electron chi connectivity index (χ1n) is 5.71. The third kappa shape index (κ3) is 3.24. The SMILES string of the molecule is Cc1ccc([N+](=O)[O-])c(NCCc2nc(C)no2)n1. The number of nitrogens with zero attached hydrogens (tertiary/aromatic N) is 4. The molecular formula is C11H13N5O3. The van der Waals surface area contributed by atoms with Gasteiger partial charge in [0.05, 0.1) is 4.92 Å². The summed E-state index contributed by atoms with van der Waals surface area (Å²) >= 11 is 0. The summed E-state index contributed by atoms with van der Waals surface area (Å²) in [6.45, 7) is 3.93. The van der Waals surface area contributed by atoms with E-state index in [0.29, 0.717) is 30.4 Å². The van der Waals surface area contributed by atoms with Gasteiger partial charge < -0.3 is 9.84 Å². The minimum absolute atomic E-state index is 0.0488. The molecule has 0 aliphatic rings. The predicted molar refractivity (Wildman–Crippen MR) is 66.9 cm³/mol. The summed E-state index contributed by atoms with van der Waals surface area (Å²) < 4.78 is 4.95. The lowest BCUT2D eigenvalue weighted by Crippen LogP contribution is -2.09. The highest BCUT2D eigenvalue weighted by atomic mass is 16.6. The van der Waals surface area contributed by atoms with Crippen LogP contribution in [0.3, 0.4) is 0 Å². The second-order valence-corrected chi connectivity index (χ2v) is 3.99. The second-order valence-electron chi connectivity index (χ2n) is 3.99. The first-order valence-corrected chi connectivity index (χ1v) is 5.71. The molecule has 0 aliphatic heterocycles. The van der Waals surface area contributed by atoms with Gasteiger partial charge in [0, 0.05) is 24.7 Å². The van der Waals surface area contributed by atoms with Crippen molar-refractivity contribution < 1.29 is 9.45 Å². The van der Waals surface area contributed by atoms with Crippen molar-refractivity contribution in [2.75, 3.05) is 11.9 Å². The van der Waals surface area contributed by atoms with Crippen molar-refractivity contribution in [3.8, 4) is 0 Å². The summed E-state index contributed by atoms with van der Waals surface area (Å²) in [4.78, 5) is 18.5. The van der Waals surface area contributed by atoms with Gasteiger partial charge in [-0.15, -0.1) is 0 Å². The number of aryl methyl sites for hydroxylation is 2. The van der Waals surface area contributed by atoms with Crippen LogP contribution in [0.2, 0.25) is 0 Å². The fourth-order valence-electron chi connectivity index (χ4n) is 1.56. The lowest BCUT2D eigenvalue weighted by Gasteiger charge is -2.05. The highest BCUT2D eigenvalue weighted by Crippen LogP contribution is 2.21. The van der Waals surface area contributed by atoms with Crippen LogP contribution in [0.25, 0.3) is 0 Å². The van der Waals surface area contributed by atoms with E-state index in [9.17, 15) is 10.1 Å². The number of nitrogens with one attached hydrogen (secondary N) is 1. The van der Waals surface area contributed by atoms with Crippen LogP contribution < -0.4 is 5.32 Å². The maximum atomic E-state index is 10.9. The molecule has 1 N–H and O–H groups in total. The van der Waals surface area contributed by atoms with E-state index in [4.69, 9.17) is 4.52 Å². The van der Waals surface area contributed by atoms with E-state index >= 15 is 0 Å². The predicted octanol–water partition coefficient (Wildman–Crippen LogP) is 1.64. The molecule has 0 saturated heterocycles. The monoisotopic (exact) mass is 263 g/mol. The molecule has 0 aromatic carbocycles. The van der Waals surface area contributed by atoms with Crippen molar-refractivity contribution in [3.05, 3.63) is 39.7 Å². The second kappa shape index (κ2) is 5.42. The van der Waals surface area contributed by atoms with Gasteiger partial charge in [0.15, 0.2) is 5.82 Å². The van der Waals surface area contributed by atoms with Crippen LogP contribution >= 0.6 is 0 Å². The van der Waals surface area contributed by atoms with E-state index in [0.717, 1.165) is 0 Å². The normalized spacial score (nSPS) is 10.4. The molecule has 2 heterocycles. The smallest absolute Gasteiger partial charge is 0.311 e. The van der Waals surface area contributed by atoms with Crippen molar-refractivity contribution in [2.24, 2.45) is 0 Å². The van der Waals surface area contributed by atoms with Crippen LogP contribution in [-0.4, -0.2) is 26.6 Å². The molecule has 0 fully saturated rings. The minimum atomic E-state index is -0.467. The Labute approximate surface area is 109 Å². The van der Waals surface area contributed by atoms with Gasteiger partial charge in [-0.1, -0.05) is 5.16 Å². The van der Waals surface area contributed by atoms with Crippen LogP contribution in [0.4, 0.5) is 11.5 Å². The fraction of sp³-hybridized carbons (Fsp3) is 0.364. The molecular weight excluding hydrogens is 250 g/mol. The highest BCUT2D eigenvalue weighted by molar-refractivity contribution is 5.56. The van der Waals surface area contributed by atoms with Gasteiger partial charge in [0.1, 0.15) is 0 Å². The van der Waals surface area contributed by atoms with E-state index in [1.807, 2.05) is 0 Å². The van der Waals surface area contributed by atoms with Crippen molar-refractivity contribution in [3.63, 3.8) is 0 Å². The fourth-order valence-corrected chi connectivity index (χ4v) is 1.56.